The molecule has 26 heavy (non-hydrogen) atoms. The molecule has 0 spiro atoms. The third-order valence-electron chi connectivity index (χ3n) is 6.04. The molecule has 144 valence electrons. The Hall–Kier alpha value is -1.36. The summed E-state index contributed by atoms with van der Waals surface area (Å²) in [7, 11) is 1.75. The number of anilines is 1. The van der Waals surface area contributed by atoms with E-state index in [0.717, 1.165) is 51.1 Å². The molecule has 1 aliphatic heterocycles. The number of ether oxygens (including phenoxy) is 2. The number of rotatable bonds is 6. The van der Waals surface area contributed by atoms with Crippen LogP contribution < -0.4 is 11.1 Å². The smallest absolute Gasteiger partial charge is 0.0587 e. The molecule has 0 radical (unpaired) electrons. The molecule has 0 bridgehead atoms. The van der Waals surface area contributed by atoms with E-state index in [0.29, 0.717) is 12.0 Å². The van der Waals surface area contributed by atoms with Crippen LogP contribution in [-0.4, -0.2) is 33.5 Å². The topological polar surface area (TPSA) is 56.5 Å². The monoisotopic (exact) mass is 358 g/mol. The molecule has 0 unspecified atom stereocenters. The average Bonchev–Trinajstić information content (AvgIpc) is 2.63. The number of methoxy groups -OCH3 is 1. The Morgan fingerprint density at radius 2 is 1.96 bits per heavy atom. The first kappa shape index (κ1) is 19.4. The first-order valence-electron chi connectivity index (χ1n) is 9.87. The van der Waals surface area contributed by atoms with Crippen LogP contribution in [0.2, 0.25) is 0 Å². The summed E-state index contributed by atoms with van der Waals surface area (Å²) >= 11 is 0. The van der Waals surface area contributed by atoms with Gasteiger partial charge in [-0.05, 0) is 60.8 Å². The lowest BCUT2D eigenvalue weighted by molar-refractivity contribution is 0.0336. The minimum Gasteiger partial charge on any atom is -0.398 e. The quantitative estimate of drug-likeness (QED) is 0.594. The van der Waals surface area contributed by atoms with E-state index in [4.69, 9.17) is 15.2 Å². The van der Waals surface area contributed by atoms with Crippen LogP contribution in [-0.2, 0) is 15.0 Å². The molecular formula is C22H34N2O2. The van der Waals surface area contributed by atoms with E-state index < -0.39 is 0 Å². The molecule has 1 aromatic rings. The Bertz CT molecular complexity index is 646. The van der Waals surface area contributed by atoms with Crippen molar-refractivity contribution in [1.29, 1.82) is 0 Å². The van der Waals surface area contributed by atoms with Gasteiger partial charge in [-0.3, -0.25) is 0 Å². The molecule has 4 heteroatoms. The van der Waals surface area contributed by atoms with Crippen LogP contribution in [0.15, 0.2) is 24.3 Å². The highest BCUT2D eigenvalue weighted by molar-refractivity contribution is 5.76. The van der Waals surface area contributed by atoms with Gasteiger partial charge in [-0.15, -0.1) is 0 Å². The maximum atomic E-state index is 6.38. The molecule has 0 aromatic heterocycles. The second kappa shape index (κ2) is 8.12. The standard InChI is InChI=1S/C22H34N2O2/c1-21(2)8-6-17(7-9-21)19-16-18(4-5-20(19)23)22(24-12-15-25-3)10-13-26-14-11-22/h4-6,16,24H,7-15,23H2,1-3H3. The van der Waals surface area contributed by atoms with Crippen LogP contribution in [0.4, 0.5) is 5.69 Å². The van der Waals surface area contributed by atoms with E-state index in [1.165, 1.54) is 23.1 Å². The number of nitrogen functional groups attached to an aromatic ring is 1. The second-order valence-electron chi connectivity index (χ2n) is 8.51. The van der Waals surface area contributed by atoms with Crippen LogP contribution in [0.3, 0.4) is 0 Å². The Kier molecular flexibility index (Phi) is 6.06. The lowest BCUT2D eigenvalue weighted by Gasteiger charge is -2.39. The van der Waals surface area contributed by atoms with Crippen molar-refractivity contribution in [3.05, 3.63) is 35.4 Å². The molecule has 3 N–H and O–H groups in total. The van der Waals surface area contributed by atoms with Gasteiger partial charge in [-0.25, -0.2) is 0 Å². The molecule has 2 aliphatic rings. The number of benzene rings is 1. The van der Waals surface area contributed by atoms with Crippen molar-refractivity contribution in [1.82, 2.24) is 5.32 Å². The van der Waals surface area contributed by atoms with Crippen LogP contribution in [0.1, 0.15) is 57.1 Å². The third kappa shape index (κ3) is 4.30. The van der Waals surface area contributed by atoms with E-state index in [9.17, 15) is 0 Å². The molecule has 0 saturated carbocycles. The SMILES string of the molecule is COCCNC1(c2ccc(N)c(C3=CCC(C)(C)CC3)c2)CCOCC1. The number of hydrogen-bond donors (Lipinski definition) is 2. The van der Waals surface area contributed by atoms with E-state index >= 15 is 0 Å². The van der Waals surface area contributed by atoms with Gasteiger partial charge in [0.25, 0.3) is 0 Å². The van der Waals surface area contributed by atoms with Crippen LogP contribution >= 0.6 is 0 Å². The number of allylic oxidation sites excluding steroid dienone is 2. The van der Waals surface area contributed by atoms with Crippen LogP contribution in [0.5, 0.6) is 0 Å². The van der Waals surface area contributed by atoms with Gasteiger partial charge in [0.15, 0.2) is 0 Å². The molecule has 0 amide bonds. The summed E-state index contributed by atoms with van der Waals surface area (Å²) in [6, 6.07) is 6.60. The van der Waals surface area contributed by atoms with Gasteiger partial charge in [-0.1, -0.05) is 26.0 Å². The molecule has 3 rings (SSSR count). The second-order valence-corrected chi connectivity index (χ2v) is 8.51. The van der Waals surface area contributed by atoms with Gasteiger partial charge in [0, 0.05) is 43.7 Å². The zero-order valence-electron chi connectivity index (χ0n) is 16.6. The highest BCUT2D eigenvalue weighted by Gasteiger charge is 2.34. The average molecular weight is 359 g/mol. The minimum atomic E-state index is -0.0479. The van der Waals surface area contributed by atoms with Gasteiger partial charge in [0.05, 0.1) is 6.61 Å². The van der Waals surface area contributed by atoms with Gasteiger partial charge in [0.2, 0.25) is 0 Å². The predicted octanol–water partition coefficient (Wildman–Crippen LogP) is 4.10. The third-order valence-corrected chi connectivity index (χ3v) is 6.04. The maximum Gasteiger partial charge on any atom is 0.0587 e. The fourth-order valence-corrected chi connectivity index (χ4v) is 4.13. The fourth-order valence-electron chi connectivity index (χ4n) is 4.13. The molecule has 1 aliphatic carbocycles. The number of hydrogen-bond acceptors (Lipinski definition) is 4. The summed E-state index contributed by atoms with van der Waals surface area (Å²) in [6.45, 7) is 7.82. The van der Waals surface area contributed by atoms with E-state index in [-0.39, 0.29) is 5.54 Å². The number of nitrogens with one attached hydrogen (secondary N) is 1. The minimum absolute atomic E-state index is 0.0479. The molecule has 1 fully saturated rings. The highest BCUT2D eigenvalue weighted by atomic mass is 16.5. The molecular weight excluding hydrogens is 324 g/mol. The van der Waals surface area contributed by atoms with Crippen molar-refractivity contribution in [3.63, 3.8) is 0 Å². The van der Waals surface area contributed by atoms with Crippen molar-refractivity contribution in [2.45, 2.75) is 51.5 Å². The summed E-state index contributed by atoms with van der Waals surface area (Å²) < 4.78 is 10.9. The lowest BCUT2D eigenvalue weighted by atomic mass is 9.75. The zero-order chi connectivity index (χ0) is 18.6. The van der Waals surface area contributed by atoms with Gasteiger partial charge in [-0.2, -0.15) is 0 Å². The highest BCUT2D eigenvalue weighted by Crippen LogP contribution is 2.41. The Morgan fingerprint density at radius 1 is 1.19 bits per heavy atom. The first-order chi connectivity index (χ1) is 12.5. The normalized spacial score (nSPS) is 22.0. The largest absolute Gasteiger partial charge is 0.398 e. The maximum absolute atomic E-state index is 6.38. The van der Waals surface area contributed by atoms with Gasteiger partial charge >= 0.3 is 0 Å². The fraction of sp³-hybridized carbons (Fsp3) is 0.636. The van der Waals surface area contributed by atoms with E-state index in [1.807, 2.05) is 0 Å². The molecule has 4 nitrogen and oxygen atoms in total. The summed E-state index contributed by atoms with van der Waals surface area (Å²) in [5, 5.41) is 3.75. The van der Waals surface area contributed by atoms with Gasteiger partial charge < -0.3 is 20.5 Å². The number of nitrogens with two attached hydrogens (primary N) is 1. The first-order valence-corrected chi connectivity index (χ1v) is 9.87. The van der Waals surface area contributed by atoms with Crippen LogP contribution in [0.25, 0.3) is 5.57 Å². The van der Waals surface area contributed by atoms with E-state index in [2.05, 4.69) is 43.4 Å². The van der Waals surface area contributed by atoms with E-state index in [1.54, 1.807) is 7.11 Å². The molecule has 1 heterocycles. The molecule has 1 saturated heterocycles. The Labute approximate surface area is 158 Å². The van der Waals surface area contributed by atoms with Crippen molar-refractivity contribution in [2.24, 2.45) is 5.41 Å². The Balaban J connectivity index is 1.90. The Morgan fingerprint density at radius 3 is 2.62 bits per heavy atom. The zero-order valence-corrected chi connectivity index (χ0v) is 16.6. The predicted molar refractivity (Wildman–Crippen MR) is 108 cm³/mol. The molecule has 0 atom stereocenters. The van der Waals surface area contributed by atoms with Crippen molar-refractivity contribution in [3.8, 4) is 0 Å². The summed E-state index contributed by atoms with van der Waals surface area (Å²) in [6.07, 6.45) is 7.80. The van der Waals surface area contributed by atoms with Gasteiger partial charge in [0.1, 0.15) is 0 Å². The molecule has 1 aromatic carbocycles. The summed E-state index contributed by atoms with van der Waals surface area (Å²) in [5.74, 6) is 0. The lowest BCUT2D eigenvalue weighted by Crippen LogP contribution is -2.48. The summed E-state index contributed by atoms with van der Waals surface area (Å²) in [4.78, 5) is 0. The van der Waals surface area contributed by atoms with Crippen molar-refractivity contribution < 1.29 is 9.47 Å². The van der Waals surface area contributed by atoms with Crippen molar-refractivity contribution >= 4 is 11.3 Å². The van der Waals surface area contributed by atoms with Crippen molar-refractivity contribution in [2.75, 3.05) is 39.2 Å². The summed E-state index contributed by atoms with van der Waals surface area (Å²) in [5.41, 5.74) is 11.6. The van der Waals surface area contributed by atoms with Crippen LogP contribution in [0, 0.1) is 5.41 Å².